The van der Waals surface area contributed by atoms with Gasteiger partial charge in [0.15, 0.2) is 0 Å². The molecule has 2 rings (SSSR count). The van der Waals surface area contributed by atoms with Crippen LogP contribution < -0.4 is 5.32 Å². The molecule has 0 aliphatic rings. The Kier molecular flexibility index (Phi) is 3.20. The summed E-state index contributed by atoms with van der Waals surface area (Å²) in [6, 6.07) is 3.36. The second kappa shape index (κ2) is 4.49. The molecule has 2 nitrogen and oxygen atoms in total. The maximum Gasteiger partial charge on any atom is 0.140 e. The average molecular weight is 235 g/mol. The molecule has 0 fully saturated rings. The van der Waals surface area contributed by atoms with E-state index in [2.05, 4.69) is 5.32 Å². The highest BCUT2D eigenvalue weighted by atomic mass is 19.1. The Bertz CT molecular complexity index is 545. The van der Waals surface area contributed by atoms with Gasteiger partial charge in [0.2, 0.25) is 0 Å². The predicted molar refractivity (Wildman–Crippen MR) is 67.7 cm³/mol. The van der Waals surface area contributed by atoms with E-state index < -0.39 is 0 Å². The van der Waals surface area contributed by atoms with Crippen molar-refractivity contribution in [3.8, 4) is 0 Å². The third-order valence-electron chi connectivity index (χ3n) is 3.16. The summed E-state index contributed by atoms with van der Waals surface area (Å²) in [5.41, 5.74) is 2.54. The molecule has 0 aliphatic heterocycles. The van der Waals surface area contributed by atoms with Crippen molar-refractivity contribution in [2.75, 3.05) is 6.54 Å². The van der Waals surface area contributed by atoms with Crippen molar-refractivity contribution in [3.63, 3.8) is 0 Å². The maximum atomic E-state index is 13.8. The molecule has 0 radical (unpaired) electrons. The quantitative estimate of drug-likeness (QED) is 0.873. The second-order valence-electron chi connectivity index (χ2n) is 4.44. The van der Waals surface area contributed by atoms with Crippen molar-refractivity contribution in [2.24, 2.45) is 0 Å². The van der Waals surface area contributed by atoms with Gasteiger partial charge in [-0.1, -0.05) is 13.0 Å². The van der Waals surface area contributed by atoms with Gasteiger partial charge in [0.1, 0.15) is 17.2 Å². The van der Waals surface area contributed by atoms with Crippen LogP contribution in [-0.2, 0) is 0 Å². The van der Waals surface area contributed by atoms with Crippen molar-refractivity contribution in [1.82, 2.24) is 5.32 Å². The second-order valence-corrected chi connectivity index (χ2v) is 4.44. The van der Waals surface area contributed by atoms with Crippen LogP contribution in [0, 0.1) is 19.7 Å². The zero-order valence-electron chi connectivity index (χ0n) is 10.7. The highest BCUT2D eigenvalue weighted by Crippen LogP contribution is 2.32. The van der Waals surface area contributed by atoms with Gasteiger partial charge in [-0.2, -0.15) is 0 Å². The number of hydrogen-bond acceptors (Lipinski definition) is 2. The Morgan fingerprint density at radius 1 is 1.35 bits per heavy atom. The monoisotopic (exact) mass is 235 g/mol. The predicted octanol–water partition coefficient (Wildman–Crippen LogP) is 3.86. The molecule has 0 amide bonds. The van der Waals surface area contributed by atoms with Crippen LogP contribution in [0.1, 0.15) is 36.8 Å². The summed E-state index contributed by atoms with van der Waals surface area (Å²) in [4.78, 5) is 0. The first-order chi connectivity index (χ1) is 8.06. The first-order valence-electron chi connectivity index (χ1n) is 5.97. The van der Waals surface area contributed by atoms with E-state index in [1.807, 2.05) is 27.7 Å². The molecule has 1 unspecified atom stereocenters. The molecular formula is C14H18FNO. The summed E-state index contributed by atoms with van der Waals surface area (Å²) < 4.78 is 19.6. The van der Waals surface area contributed by atoms with Crippen molar-refractivity contribution in [1.29, 1.82) is 0 Å². The van der Waals surface area contributed by atoms with Crippen LogP contribution in [0.5, 0.6) is 0 Å². The van der Waals surface area contributed by atoms with E-state index in [0.717, 1.165) is 23.4 Å². The largest absolute Gasteiger partial charge is 0.459 e. The summed E-state index contributed by atoms with van der Waals surface area (Å²) in [5.74, 6) is 0.622. The van der Waals surface area contributed by atoms with Gasteiger partial charge in [-0.25, -0.2) is 4.39 Å². The lowest BCUT2D eigenvalue weighted by atomic mass is 10.1. The SMILES string of the molecule is CCNC(C)c1oc2c(C)ccc(F)c2c1C. The molecule has 2 aromatic rings. The minimum absolute atomic E-state index is 0.103. The Labute approximate surface area is 101 Å². The normalized spacial score (nSPS) is 13.2. The van der Waals surface area contributed by atoms with Gasteiger partial charge in [-0.15, -0.1) is 0 Å². The number of halogens is 1. The Morgan fingerprint density at radius 3 is 2.65 bits per heavy atom. The number of aryl methyl sites for hydroxylation is 2. The summed E-state index contributed by atoms with van der Waals surface area (Å²) in [5, 5.41) is 3.90. The molecule has 92 valence electrons. The minimum atomic E-state index is -0.207. The smallest absolute Gasteiger partial charge is 0.140 e. The lowest BCUT2D eigenvalue weighted by Crippen LogP contribution is -2.17. The van der Waals surface area contributed by atoms with E-state index in [4.69, 9.17) is 4.42 Å². The van der Waals surface area contributed by atoms with Crippen molar-refractivity contribution < 1.29 is 8.81 Å². The highest BCUT2D eigenvalue weighted by molar-refractivity contribution is 5.85. The molecule has 0 saturated heterocycles. The van der Waals surface area contributed by atoms with Gasteiger partial charge in [0.05, 0.1) is 11.4 Å². The molecular weight excluding hydrogens is 217 g/mol. The number of fused-ring (bicyclic) bond motifs is 1. The van der Waals surface area contributed by atoms with Crippen LogP contribution in [0.4, 0.5) is 4.39 Å². The molecule has 1 atom stereocenters. The zero-order chi connectivity index (χ0) is 12.6. The highest BCUT2D eigenvalue weighted by Gasteiger charge is 2.19. The summed E-state index contributed by atoms with van der Waals surface area (Å²) in [6.45, 7) is 8.78. The van der Waals surface area contributed by atoms with Crippen LogP contribution in [0.15, 0.2) is 16.5 Å². The standard InChI is InChI=1S/C14H18FNO/c1-5-16-10(4)14-9(3)12-11(15)7-6-8(2)13(12)17-14/h6-7,10,16H,5H2,1-4H3. The number of furan rings is 1. The number of hydrogen-bond donors (Lipinski definition) is 1. The van der Waals surface area contributed by atoms with E-state index in [0.29, 0.717) is 11.0 Å². The third kappa shape index (κ3) is 1.95. The molecule has 0 saturated carbocycles. The topological polar surface area (TPSA) is 25.2 Å². The number of rotatable bonds is 3. The first-order valence-corrected chi connectivity index (χ1v) is 5.97. The fourth-order valence-electron chi connectivity index (χ4n) is 2.27. The van der Waals surface area contributed by atoms with Crippen LogP contribution in [-0.4, -0.2) is 6.54 Å². The summed E-state index contributed by atoms with van der Waals surface area (Å²) >= 11 is 0. The van der Waals surface area contributed by atoms with Crippen molar-refractivity contribution in [3.05, 3.63) is 34.8 Å². The van der Waals surface area contributed by atoms with Gasteiger partial charge in [0.25, 0.3) is 0 Å². The molecule has 17 heavy (non-hydrogen) atoms. The Morgan fingerprint density at radius 2 is 2.06 bits per heavy atom. The molecule has 0 bridgehead atoms. The fraction of sp³-hybridized carbons (Fsp3) is 0.429. The van der Waals surface area contributed by atoms with E-state index in [1.165, 1.54) is 6.07 Å². The lowest BCUT2D eigenvalue weighted by Gasteiger charge is -2.09. The van der Waals surface area contributed by atoms with Gasteiger partial charge >= 0.3 is 0 Å². The van der Waals surface area contributed by atoms with Crippen LogP contribution in [0.2, 0.25) is 0 Å². The fourth-order valence-corrected chi connectivity index (χ4v) is 2.27. The van der Waals surface area contributed by atoms with Crippen LogP contribution in [0.25, 0.3) is 11.0 Å². The maximum absolute atomic E-state index is 13.8. The summed E-state index contributed by atoms with van der Waals surface area (Å²) in [6.07, 6.45) is 0. The van der Waals surface area contributed by atoms with E-state index >= 15 is 0 Å². The molecule has 1 N–H and O–H groups in total. The third-order valence-corrected chi connectivity index (χ3v) is 3.16. The van der Waals surface area contributed by atoms with Crippen LogP contribution in [0.3, 0.4) is 0 Å². The molecule has 0 spiro atoms. The van der Waals surface area contributed by atoms with Crippen molar-refractivity contribution >= 4 is 11.0 Å². The Hall–Kier alpha value is -1.35. The van der Waals surface area contributed by atoms with Gasteiger partial charge < -0.3 is 9.73 Å². The molecule has 1 aromatic carbocycles. The molecule has 1 aromatic heterocycles. The van der Waals surface area contributed by atoms with E-state index in [1.54, 1.807) is 6.07 Å². The first kappa shape index (κ1) is 12.1. The molecule has 1 heterocycles. The van der Waals surface area contributed by atoms with E-state index in [-0.39, 0.29) is 11.9 Å². The van der Waals surface area contributed by atoms with Gasteiger partial charge in [-0.05, 0) is 38.9 Å². The van der Waals surface area contributed by atoms with Crippen LogP contribution >= 0.6 is 0 Å². The van der Waals surface area contributed by atoms with Gasteiger partial charge in [-0.3, -0.25) is 0 Å². The number of benzene rings is 1. The minimum Gasteiger partial charge on any atom is -0.459 e. The Balaban J connectivity index is 2.64. The molecule has 0 aliphatic carbocycles. The average Bonchev–Trinajstić information content (AvgIpc) is 2.63. The lowest BCUT2D eigenvalue weighted by molar-refractivity contribution is 0.455. The molecule has 3 heteroatoms. The summed E-state index contributed by atoms with van der Waals surface area (Å²) in [7, 11) is 0. The zero-order valence-corrected chi connectivity index (χ0v) is 10.7. The van der Waals surface area contributed by atoms with Crippen molar-refractivity contribution in [2.45, 2.75) is 33.7 Å². The van der Waals surface area contributed by atoms with E-state index in [9.17, 15) is 4.39 Å². The van der Waals surface area contributed by atoms with Gasteiger partial charge in [0, 0.05) is 5.56 Å². The number of nitrogens with one attached hydrogen (secondary N) is 1.